The van der Waals surface area contributed by atoms with Crippen LogP contribution >= 0.6 is 0 Å². The van der Waals surface area contributed by atoms with Crippen molar-refractivity contribution in [1.29, 1.82) is 0 Å². The molecule has 0 saturated heterocycles. The summed E-state index contributed by atoms with van der Waals surface area (Å²) in [7, 11) is 0. The highest BCUT2D eigenvalue weighted by molar-refractivity contribution is 5.39. The van der Waals surface area contributed by atoms with Gasteiger partial charge in [0.2, 0.25) is 0 Å². The van der Waals surface area contributed by atoms with Gasteiger partial charge in [0.15, 0.2) is 0 Å². The third-order valence-corrected chi connectivity index (χ3v) is 3.09. The monoisotopic (exact) mass is 237 g/mol. The van der Waals surface area contributed by atoms with Crippen LogP contribution in [0.2, 0.25) is 0 Å². The lowest BCUT2D eigenvalue weighted by molar-refractivity contribution is 0.131. The van der Waals surface area contributed by atoms with Gasteiger partial charge in [-0.25, -0.2) is 0 Å². The van der Waals surface area contributed by atoms with E-state index in [1.807, 2.05) is 20.8 Å². The van der Waals surface area contributed by atoms with Crippen molar-refractivity contribution in [2.24, 2.45) is 0 Å². The fraction of sp³-hybridized carbons (Fsp3) is 0.571. The van der Waals surface area contributed by atoms with Gasteiger partial charge < -0.3 is 15.5 Å². The molecular formula is C14H23NO2. The summed E-state index contributed by atoms with van der Waals surface area (Å²) in [5, 5.41) is 22.2. The van der Waals surface area contributed by atoms with E-state index in [-0.39, 0.29) is 12.6 Å². The lowest BCUT2D eigenvalue weighted by atomic mass is 9.92. The SMILES string of the molecule is Cc1cc(C)c(C(O)C(C)NCCO)c(C)c1. The molecule has 3 heteroatoms. The average Bonchev–Trinajstić information content (AvgIpc) is 2.24. The molecule has 0 amide bonds. The molecule has 2 unspecified atom stereocenters. The minimum atomic E-state index is -0.540. The highest BCUT2D eigenvalue weighted by Gasteiger charge is 2.19. The van der Waals surface area contributed by atoms with E-state index in [4.69, 9.17) is 5.11 Å². The van der Waals surface area contributed by atoms with Crippen molar-refractivity contribution in [3.63, 3.8) is 0 Å². The summed E-state index contributed by atoms with van der Waals surface area (Å²) in [6, 6.07) is 4.11. The summed E-state index contributed by atoms with van der Waals surface area (Å²) in [4.78, 5) is 0. The second-order valence-corrected chi connectivity index (χ2v) is 4.72. The standard InChI is InChI=1S/C14H23NO2/c1-9-7-10(2)13(11(3)8-9)14(17)12(4)15-5-6-16/h7-8,12,14-17H,5-6H2,1-4H3. The molecule has 0 aliphatic carbocycles. The van der Waals surface area contributed by atoms with Crippen molar-refractivity contribution in [3.05, 3.63) is 34.4 Å². The van der Waals surface area contributed by atoms with E-state index in [9.17, 15) is 5.11 Å². The number of benzene rings is 1. The fourth-order valence-electron chi connectivity index (χ4n) is 2.31. The maximum Gasteiger partial charge on any atom is 0.0945 e. The second kappa shape index (κ2) is 6.15. The Kier molecular flexibility index (Phi) is 5.12. The summed E-state index contributed by atoms with van der Waals surface area (Å²) in [5.74, 6) is 0. The molecule has 0 spiro atoms. The van der Waals surface area contributed by atoms with Crippen LogP contribution in [-0.2, 0) is 0 Å². The van der Waals surface area contributed by atoms with E-state index in [0.717, 1.165) is 16.7 Å². The first kappa shape index (κ1) is 14.2. The van der Waals surface area contributed by atoms with Crippen LogP contribution in [0.1, 0.15) is 35.3 Å². The number of rotatable bonds is 5. The molecule has 0 saturated carbocycles. The zero-order valence-electron chi connectivity index (χ0n) is 11.1. The Hall–Kier alpha value is -0.900. The van der Waals surface area contributed by atoms with Gasteiger partial charge in [0, 0.05) is 12.6 Å². The first-order valence-electron chi connectivity index (χ1n) is 6.07. The Morgan fingerprint density at radius 2 is 1.71 bits per heavy atom. The normalized spacial score (nSPS) is 14.7. The van der Waals surface area contributed by atoms with E-state index in [1.54, 1.807) is 0 Å². The minimum absolute atomic E-state index is 0.0674. The molecule has 2 atom stereocenters. The Morgan fingerprint density at radius 3 is 2.18 bits per heavy atom. The summed E-state index contributed by atoms with van der Waals surface area (Å²) < 4.78 is 0. The number of aliphatic hydroxyl groups excluding tert-OH is 2. The van der Waals surface area contributed by atoms with Gasteiger partial charge in [0.05, 0.1) is 12.7 Å². The van der Waals surface area contributed by atoms with Gasteiger partial charge in [0.25, 0.3) is 0 Å². The van der Waals surface area contributed by atoms with Gasteiger partial charge in [-0.05, 0) is 44.4 Å². The zero-order valence-corrected chi connectivity index (χ0v) is 11.1. The Bertz CT molecular complexity index is 353. The molecule has 3 nitrogen and oxygen atoms in total. The molecule has 0 fully saturated rings. The van der Waals surface area contributed by atoms with Gasteiger partial charge >= 0.3 is 0 Å². The molecule has 1 rings (SSSR count). The molecule has 96 valence electrons. The van der Waals surface area contributed by atoms with Gasteiger partial charge in [-0.15, -0.1) is 0 Å². The van der Waals surface area contributed by atoms with Crippen LogP contribution in [0.4, 0.5) is 0 Å². The third kappa shape index (κ3) is 3.53. The van der Waals surface area contributed by atoms with Crippen LogP contribution in [0.3, 0.4) is 0 Å². The number of aryl methyl sites for hydroxylation is 3. The van der Waals surface area contributed by atoms with Crippen LogP contribution < -0.4 is 5.32 Å². The Morgan fingerprint density at radius 1 is 1.18 bits per heavy atom. The van der Waals surface area contributed by atoms with Crippen molar-refractivity contribution in [3.8, 4) is 0 Å². The van der Waals surface area contributed by atoms with E-state index in [1.165, 1.54) is 5.56 Å². The molecule has 0 bridgehead atoms. The van der Waals surface area contributed by atoms with Crippen molar-refractivity contribution in [2.75, 3.05) is 13.2 Å². The maximum absolute atomic E-state index is 10.3. The highest BCUT2D eigenvalue weighted by Crippen LogP contribution is 2.25. The summed E-state index contributed by atoms with van der Waals surface area (Å²) in [6.07, 6.45) is -0.540. The molecule has 1 aromatic rings. The van der Waals surface area contributed by atoms with Crippen LogP contribution in [0.25, 0.3) is 0 Å². The predicted octanol–water partition coefficient (Wildman–Crippen LogP) is 1.62. The predicted molar refractivity (Wildman–Crippen MR) is 70.2 cm³/mol. The van der Waals surface area contributed by atoms with E-state index in [0.29, 0.717) is 6.54 Å². The summed E-state index contributed by atoms with van der Waals surface area (Å²) in [5.41, 5.74) is 4.45. The van der Waals surface area contributed by atoms with Crippen molar-refractivity contribution < 1.29 is 10.2 Å². The number of aliphatic hydroxyl groups is 2. The summed E-state index contributed by atoms with van der Waals surface area (Å²) in [6.45, 7) is 8.63. The van der Waals surface area contributed by atoms with Gasteiger partial charge in [-0.2, -0.15) is 0 Å². The molecular weight excluding hydrogens is 214 g/mol. The molecule has 0 aliphatic rings. The van der Waals surface area contributed by atoms with Crippen molar-refractivity contribution in [2.45, 2.75) is 39.8 Å². The Balaban J connectivity index is 2.91. The first-order valence-corrected chi connectivity index (χ1v) is 6.07. The lowest BCUT2D eigenvalue weighted by Gasteiger charge is -2.24. The molecule has 17 heavy (non-hydrogen) atoms. The van der Waals surface area contributed by atoms with Crippen molar-refractivity contribution in [1.82, 2.24) is 5.32 Å². The molecule has 0 heterocycles. The van der Waals surface area contributed by atoms with Crippen molar-refractivity contribution >= 4 is 0 Å². The number of hydrogen-bond acceptors (Lipinski definition) is 3. The second-order valence-electron chi connectivity index (χ2n) is 4.72. The summed E-state index contributed by atoms with van der Waals surface area (Å²) >= 11 is 0. The average molecular weight is 237 g/mol. The zero-order chi connectivity index (χ0) is 13.0. The third-order valence-electron chi connectivity index (χ3n) is 3.09. The Labute approximate surface area is 103 Å². The van der Waals surface area contributed by atoms with Crippen LogP contribution in [-0.4, -0.2) is 29.4 Å². The lowest BCUT2D eigenvalue weighted by Crippen LogP contribution is -2.34. The molecule has 0 radical (unpaired) electrons. The number of hydrogen-bond donors (Lipinski definition) is 3. The highest BCUT2D eigenvalue weighted by atomic mass is 16.3. The van der Waals surface area contributed by atoms with Crippen LogP contribution in [0, 0.1) is 20.8 Å². The number of nitrogens with one attached hydrogen (secondary N) is 1. The molecule has 3 N–H and O–H groups in total. The quantitative estimate of drug-likeness (QED) is 0.729. The van der Waals surface area contributed by atoms with Crippen LogP contribution in [0.5, 0.6) is 0 Å². The largest absolute Gasteiger partial charge is 0.395 e. The topological polar surface area (TPSA) is 52.5 Å². The van der Waals surface area contributed by atoms with E-state index in [2.05, 4.69) is 24.4 Å². The molecule has 1 aromatic carbocycles. The smallest absolute Gasteiger partial charge is 0.0945 e. The van der Waals surface area contributed by atoms with E-state index >= 15 is 0 Å². The van der Waals surface area contributed by atoms with E-state index < -0.39 is 6.10 Å². The minimum Gasteiger partial charge on any atom is -0.395 e. The fourth-order valence-corrected chi connectivity index (χ4v) is 2.31. The van der Waals surface area contributed by atoms with Gasteiger partial charge in [0.1, 0.15) is 0 Å². The first-order chi connectivity index (χ1) is 7.97. The molecule has 0 aromatic heterocycles. The maximum atomic E-state index is 10.3. The van der Waals surface area contributed by atoms with Gasteiger partial charge in [-0.1, -0.05) is 17.7 Å². The van der Waals surface area contributed by atoms with Gasteiger partial charge in [-0.3, -0.25) is 0 Å². The van der Waals surface area contributed by atoms with Crippen LogP contribution in [0.15, 0.2) is 12.1 Å². The molecule has 0 aliphatic heterocycles.